The number of carbonyl (C=O) groups excluding carboxylic acids is 1. The van der Waals surface area contributed by atoms with Crippen LogP contribution in [-0.4, -0.2) is 18.2 Å². The van der Waals surface area contributed by atoms with Gasteiger partial charge in [-0.05, 0) is 35.2 Å². The second kappa shape index (κ2) is 5.81. The van der Waals surface area contributed by atoms with Crippen molar-refractivity contribution in [1.29, 1.82) is 0 Å². The summed E-state index contributed by atoms with van der Waals surface area (Å²) in [5, 5.41) is 0. The van der Waals surface area contributed by atoms with E-state index in [1.54, 1.807) is 0 Å². The van der Waals surface area contributed by atoms with Crippen LogP contribution < -0.4 is 4.90 Å². The summed E-state index contributed by atoms with van der Waals surface area (Å²) in [4.78, 5) is 15.9. The summed E-state index contributed by atoms with van der Waals surface area (Å²) >= 11 is 1.82. The summed E-state index contributed by atoms with van der Waals surface area (Å²) in [6.07, 6.45) is 0. The first-order chi connectivity index (χ1) is 10.5. The summed E-state index contributed by atoms with van der Waals surface area (Å²) in [5.41, 5.74) is 3.15. The number of anilines is 1. The van der Waals surface area contributed by atoms with Gasteiger partial charge in [0.2, 0.25) is 0 Å². The van der Waals surface area contributed by atoms with Crippen molar-refractivity contribution in [3.63, 3.8) is 0 Å². The Kier molecular flexibility index (Phi) is 4.00. The number of para-hydroxylation sites is 1. The van der Waals surface area contributed by atoms with Gasteiger partial charge in [-0.1, -0.05) is 45.0 Å². The Morgan fingerprint density at radius 1 is 1.05 bits per heavy atom. The first-order valence-corrected chi connectivity index (χ1v) is 8.59. The average molecular weight is 311 g/mol. The number of nitrogens with zero attached hydrogens (tertiary/aromatic N) is 1. The van der Waals surface area contributed by atoms with Gasteiger partial charge in [-0.3, -0.25) is 4.79 Å². The lowest BCUT2D eigenvalue weighted by Gasteiger charge is -2.29. The van der Waals surface area contributed by atoms with E-state index in [1.807, 2.05) is 47.0 Å². The molecule has 2 aromatic rings. The van der Waals surface area contributed by atoms with Crippen molar-refractivity contribution in [2.45, 2.75) is 31.1 Å². The van der Waals surface area contributed by atoms with Crippen LogP contribution in [0.15, 0.2) is 53.4 Å². The van der Waals surface area contributed by atoms with Gasteiger partial charge in [-0.25, -0.2) is 0 Å². The van der Waals surface area contributed by atoms with Gasteiger partial charge in [-0.15, -0.1) is 11.8 Å². The standard InChI is InChI=1S/C19H21NOS/c1-19(2,3)15-10-8-14(9-11-15)18(21)20-12-13-22-17-7-5-4-6-16(17)20/h4-11H,12-13H2,1-3H3. The Morgan fingerprint density at radius 2 is 1.73 bits per heavy atom. The van der Waals surface area contributed by atoms with E-state index in [2.05, 4.69) is 39.0 Å². The zero-order valence-corrected chi connectivity index (χ0v) is 14.1. The lowest BCUT2D eigenvalue weighted by molar-refractivity contribution is 0.0987. The Morgan fingerprint density at radius 3 is 2.41 bits per heavy atom. The summed E-state index contributed by atoms with van der Waals surface area (Å²) in [5.74, 6) is 1.04. The van der Waals surface area contributed by atoms with Gasteiger partial charge in [-0.2, -0.15) is 0 Å². The van der Waals surface area contributed by atoms with Crippen LogP contribution in [0, 0.1) is 0 Å². The van der Waals surface area contributed by atoms with E-state index in [-0.39, 0.29) is 11.3 Å². The van der Waals surface area contributed by atoms with Crippen LogP contribution in [0.5, 0.6) is 0 Å². The molecule has 0 saturated carbocycles. The van der Waals surface area contributed by atoms with Gasteiger partial charge in [0.25, 0.3) is 5.91 Å². The van der Waals surface area contributed by atoms with Crippen molar-refractivity contribution < 1.29 is 4.79 Å². The quantitative estimate of drug-likeness (QED) is 0.758. The molecule has 1 aliphatic rings. The lowest BCUT2D eigenvalue weighted by Crippen LogP contribution is -2.35. The maximum atomic E-state index is 12.8. The van der Waals surface area contributed by atoms with Crippen LogP contribution in [0.25, 0.3) is 0 Å². The normalized spacial score (nSPS) is 14.6. The largest absolute Gasteiger partial charge is 0.306 e. The van der Waals surface area contributed by atoms with E-state index in [1.165, 1.54) is 10.5 Å². The Balaban J connectivity index is 1.89. The molecule has 0 bridgehead atoms. The smallest absolute Gasteiger partial charge is 0.258 e. The highest BCUT2D eigenvalue weighted by Crippen LogP contribution is 2.35. The molecule has 0 aliphatic carbocycles. The highest BCUT2D eigenvalue weighted by Gasteiger charge is 2.24. The molecule has 0 saturated heterocycles. The topological polar surface area (TPSA) is 20.3 Å². The van der Waals surface area contributed by atoms with Crippen LogP contribution in [0.1, 0.15) is 36.7 Å². The molecule has 0 spiro atoms. The minimum absolute atomic E-state index is 0.0909. The number of carbonyl (C=O) groups is 1. The van der Waals surface area contributed by atoms with E-state index in [0.717, 1.165) is 23.5 Å². The number of rotatable bonds is 1. The second-order valence-electron chi connectivity index (χ2n) is 6.60. The number of benzene rings is 2. The van der Waals surface area contributed by atoms with Crippen molar-refractivity contribution >= 4 is 23.4 Å². The summed E-state index contributed by atoms with van der Waals surface area (Å²) < 4.78 is 0. The molecule has 1 amide bonds. The molecule has 0 aromatic heterocycles. The lowest BCUT2D eigenvalue weighted by atomic mass is 9.86. The Labute approximate surface area is 136 Å². The molecule has 3 heteroatoms. The molecule has 0 radical (unpaired) electrons. The first-order valence-electron chi connectivity index (χ1n) is 7.61. The first kappa shape index (κ1) is 15.2. The third-order valence-electron chi connectivity index (χ3n) is 3.97. The number of hydrogen-bond donors (Lipinski definition) is 0. The summed E-state index contributed by atoms with van der Waals surface area (Å²) in [7, 11) is 0. The summed E-state index contributed by atoms with van der Waals surface area (Å²) in [6.45, 7) is 7.31. The fourth-order valence-electron chi connectivity index (χ4n) is 2.65. The van der Waals surface area contributed by atoms with Gasteiger partial charge in [0.15, 0.2) is 0 Å². The third-order valence-corrected chi connectivity index (χ3v) is 5.01. The van der Waals surface area contributed by atoms with Crippen molar-refractivity contribution in [1.82, 2.24) is 0 Å². The number of thioether (sulfide) groups is 1. The molecule has 0 unspecified atom stereocenters. The second-order valence-corrected chi connectivity index (χ2v) is 7.74. The maximum absolute atomic E-state index is 12.8. The fraction of sp³-hybridized carbons (Fsp3) is 0.316. The number of amides is 1. The molecule has 0 N–H and O–H groups in total. The zero-order valence-electron chi connectivity index (χ0n) is 13.3. The van der Waals surface area contributed by atoms with Gasteiger partial charge in [0, 0.05) is 22.8 Å². The fourth-order valence-corrected chi connectivity index (χ4v) is 3.64. The highest BCUT2D eigenvalue weighted by atomic mass is 32.2. The zero-order chi connectivity index (χ0) is 15.7. The van der Waals surface area contributed by atoms with Gasteiger partial charge in [0.05, 0.1) is 5.69 Å². The molecule has 0 atom stereocenters. The van der Waals surface area contributed by atoms with Crippen LogP contribution in [-0.2, 0) is 5.41 Å². The minimum Gasteiger partial charge on any atom is -0.306 e. The van der Waals surface area contributed by atoms with Crippen LogP contribution in [0.4, 0.5) is 5.69 Å². The number of fused-ring (bicyclic) bond motifs is 1. The summed E-state index contributed by atoms with van der Waals surface area (Å²) in [6, 6.07) is 16.2. The number of hydrogen-bond acceptors (Lipinski definition) is 2. The van der Waals surface area contributed by atoms with Crippen molar-refractivity contribution in [3.8, 4) is 0 Å². The van der Waals surface area contributed by atoms with E-state index in [4.69, 9.17) is 0 Å². The molecule has 22 heavy (non-hydrogen) atoms. The van der Waals surface area contributed by atoms with E-state index < -0.39 is 0 Å². The van der Waals surface area contributed by atoms with Crippen LogP contribution >= 0.6 is 11.8 Å². The molecule has 0 fully saturated rings. The Hall–Kier alpha value is -1.74. The van der Waals surface area contributed by atoms with E-state index >= 15 is 0 Å². The van der Waals surface area contributed by atoms with Crippen molar-refractivity contribution in [2.24, 2.45) is 0 Å². The monoisotopic (exact) mass is 311 g/mol. The van der Waals surface area contributed by atoms with Crippen LogP contribution in [0.2, 0.25) is 0 Å². The van der Waals surface area contributed by atoms with Gasteiger partial charge < -0.3 is 4.90 Å². The average Bonchev–Trinajstić information content (AvgIpc) is 2.53. The highest BCUT2D eigenvalue weighted by molar-refractivity contribution is 7.99. The van der Waals surface area contributed by atoms with Gasteiger partial charge >= 0.3 is 0 Å². The molecule has 1 heterocycles. The van der Waals surface area contributed by atoms with Gasteiger partial charge in [0.1, 0.15) is 0 Å². The molecule has 2 aromatic carbocycles. The van der Waals surface area contributed by atoms with Crippen LogP contribution in [0.3, 0.4) is 0 Å². The molecule has 3 rings (SSSR count). The maximum Gasteiger partial charge on any atom is 0.258 e. The van der Waals surface area contributed by atoms with E-state index in [0.29, 0.717) is 0 Å². The SMILES string of the molecule is CC(C)(C)c1ccc(C(=O)N2CCSc3ccccc32)cc1. The predicted octanol–water partition coefficient (Wildman–Crippen LogP) is 4.74. The molecule has 1 aliphatic heterocycles. The predicted molar refractivity (Wildman–Crippen MR) is 94.0 cm³/mol. The molecule has 2 nitrogen and oxygen atoms in total. The minimum atomic E-state index is 0.0909. The molecular weight excluding hydrogens is 290 g/mol. The van der Waals surface area contributed by atoms with Crippen molar-refractivity contribution in [3.05, 3.63) is 59.7 Å². The van der Waals surface area contributed by atoms with E-state index in [9.17, 15) is 4.79 Å². The third kappa shape index (κ3) is 2.91. The van der Waals surface area contributed by atoms with Crippen molar-refractivity contribution in [2.75, 3.05) is 17.2 Å². The molecule has 114 valence electrons. The molecular formula is C19H21NOS. The Bertz CT molecular complexity index is 685.